The first-order chi connectivity index (χ1) is 6.34. The molecule has 0 amide bonds. The smallest absolute Gasteiger partial charge is 0.0408 e. The third kappa shape index (κ3) is 2.47. The second-order valence-corrected chi connectivity index (χ2v) is 4.20. The molecule has 0 aromatic heterocycles. The maximum atomic E-state index is 5.92. The molecule has 0 N–H and O–H groups in total. The lowest BCUT2D eigenvalue weighted by molar-refractivity contribution is 0.620. The first-order valence-electron chi connectivity index (χ1n) is 4.92. The van der Waals surface area contributed by atoms with E-state index in [0.29, 0.717) is 0 Å². The van der Waals surface area contributed by atoms with E-state index < -0.39 is 0 Å². The standard InChI is InChI=1S/C12H14Cl/c13-12-7-3-6-11(9-12)8-10-4-1-2-5-10/h3-4,6-7,9-10H,1-2,5,8H2. The van der Waals surface area contributed by atoms with Crippen molar-refractivity contribution < 1.29 is 0 Å². The van der Waals surface area contributed by atoms with Crippen molar-refractivity contribution in [3.05, 3.63) is 41.3 Å². The average molecular weight is 194 g/mol. The van der Waals surface area contributed by atoms with Crippen LogP contribution >= 0.6 is 11.6 Å². The summed E-state index contributed by atoms with van der Waals surface area (Å²) in [5.74, 6) is 0.790. The van der Waals surface area contributed by atoms with Gasteiger partial charge in [0.05, 0.1) is 0 Å². The Bertz CT molecular complexity index is 274. The highest BCUT2D eigenvalue weighted by molar-refractivity contribution is 6.30. The summed E-state index contributed by atoms with van der Waals surface area (Å²) >= 11 is 5.92. The van der Waals surface area contributed by atoms with E-state index in [1.807, 2.05) is 12.1 Å². The fourth-order valence-corrected chi connectivity index (χ4v) is 2.22. The predicted octanol–water partition coefficient (Wildman–Crippen LogP) is 3.89. The van der Waals surface area contributed by atoms with E-state index in [0.717, 1.165) is 10.9 Å². The lowest BCUT2D eigenvalue weighted by atomic mass is 9.98. The SMILES string of the molecule is Clc1cccc(CC2[CH]CCC2)c1. The Morgan fingerprint density at radius 3 is 3.00 bits per heavy atom. The monoisotopic (exact) mass is 193 g/mol. The third-order valence-electron chi connectivity index (χ3n) is 2.67. The van der Waals surface area contributed by atoms with Gasteiger partial charge in [0.2, 0.25) is 0 Å². The first kappa shape index (κ1) is 9.08. The summed E-state index contributed by atoms with van der Waals surface area (Å²) in [5, 5.41) is 0.857. The van der Waals surface area contributed by atoms with Gasteiger partial charge in [-0.15, -0.1) is 0 Å². The molecule has 2 rings (SSSR count). The van der Waals surface area contributed by atoms with Crippen LogP contribution in [0.3, 0.4) is 0 Å². The first-order valence-corrected chi connectivity index (χ1v) is 5.30. The maximum absolute atomic E-state index is 5.92. The van der Waals surface area contributed by atoms with Crippen LogP contribution in [0, 0.1) is 12.3 Å². The molecule has 0 spiro atoms. The topological polar surface area (TPSA) is 0 Å². The molecule has 69 valence electrons. The maximum Gasteiger partial charge on any atom is 0.0408 e. The molecule has 1 saturated carbocycles. The third-order valence-corrected chi connectivity index (χ3v) is 2.90. The predicted molar refractivity (Wildman–Crippen MR) is 56.8 cm³/mol. The molecule has 1 aromatic rings. The van der Waals surface area contributed by atoms with Gasteiger partial charge < -0.3 is 0 Å². The van der Waals surface area contributed by atoms with E-state index in [1.54, 1.807) is 0 Å². The van der Waals surface area contributed by atoms with Crippen LogP contribution in [0.25, 0.3) is 0 Å². The van der Waals surface area contributed by atoms with Crippen molar-refractivity contribution in [2.45, 2.75) is 25.7 Å². The van der Waals surface area contributed by atoms with E-state index in [9.17, 15) is 0 Å². The molecule has 1 aliphatic carbocycles. The van der Waals surface area contributed by atoms with Crippen molar-refractivity contribution in [2.24, 2.45) is 5.92 Å². The molecule has 1 aromatic carbocycles. The van der Waals surface area contributed by atoms with Gasteiger partial charge in [-0.3, -0.25) is 0 Å². The molecular weight excluding hydrogens is 180 g/mol. The average Bonchev–Trinajstić information content (AvgIpc) is 2.57. The zero-order valence-corrected chi connectivity index (χ0v) is 8.43. The van der Waals surface area contributed by atoms with Gasteiger partial charge in [0, 0.05) is 5.02 Å². The second kappa shape index (κ2) is 4.15. The quantitative estimate of drug-likeness (QED) is 0.669. The summed E-state index contributed by atoms with van der Waals surface area (Å²) in [6.07, 6.45) is 7.63. The van der Waals surface area contributed by atoms with Gasteiger partial charge in [-0.25, -0.2) is 0 Å². The van der Waals surface area contributed by atoms with E-state index >= 15 is 0 Å². The van der Waals surface area contributed by atoms with Crippen LogP contribution in [0.5, 0.6) is 0 Å². The van der Waals surface area contributed by atoms with Gasteiger partial charge >= 0.3 is 0 Å². The molecule has 0 aliphatic heterocycles. The largest absolute Gasteiger partial charge is 0.0843 e. The summed E-state index contributed by atoms with van der Waals surface area (Å²) in [6, 6.07) is 8.21. The molecular formula is C12H14Cl. The second-order valence-electron chi connectivity index (χ2n) is 3.76. The number of halogens is 1. The molecule has 0 heterocycles. The molecule has 1 radical (unpaired) electrons. The minimum absolute atomic E-state index is 0.790. The number of hydrogen-bond acceptors (Lipinski definition) is 0. The van der Waals surface area contributed by atoms with Gasteiger partial charge in [-0.1, -0.05) is 30.2 Å². The van der Waals surface area contributed by atoms with Crippen molar-refractivity contribution in [3.8, 4) is 0 Å². The van der Waals surface area contributed by atoms with Gasteiger partial charge in [0.25, 0.3) is 0 Å². The van der Waals surface area contributed by atoms with Gasteiger partial charge in [-0.05, 0) is 49.3 Å². The van der Waals surface area contributed by atoms with Gasteiger partial charge in [0.15, 0.2) is 0 Å². The Morgan fingerprint density at radius 2 is 2.31 bits per heavy atom. The van der Waals surface area contributed by atoms with Crippen LogP contribution in [-0.4, -0.2) is 0 Å². The molecule has 1 aliphatic rings. The molecule has 1 fully saturated rings. The van der Waals surface area contributed by atoms with Crippen molar-refractivity contribution in [1.82, 2.24) is 0 Å². The van der Waals surface area contributed by atoms with Crippen molar-refractivity contribution in [1.29, 1.82) is 0 Å². The van der Waals surface area contributed by atoms with Crippen LogP contribution < -0.4 is 0 Å². The van der Waals surface area contributed by atoms with Crippen LogP contribution in [0.15, 0.2) is 24.3 Å². The summed E-state index contributed by atoms with van der Waals surface area (Å²) in [5.41, 5.74) is 1.37. The molecule has 13 heavy (non-hydrogen) atoms. The van der Waals surface area contributed by atoms with Crippen LogP contribution in [0.1, 0.15) is 24.8 Å². The Hall–Kier alpha value is -0.490. The van der Waals surface area contributed by atoms with E-state index in [-0.39, 0.29) is 0 Å². The van der Waals surface area contributed by atoms with Crippen LogP contribution in [-0.2, 0) is 6.42 Å². The normalized spacial score (nSPS) is 17.9. The summed E-state index contributed by atoms with van der Waals surface area (Å²) in [7, 11) is 0. The Labute approximate surface area is 84.9 Å². The number of benzene rings is 1. The van der Waals surface area contributed by atoms with Crippen molar-refractivity contribution in [2.75, 3.05) is 0 Å². The van der Waals surface area contributed by atoms with Crippen LogP contribution in [0.2, 0.25) is 5.02 Å². The molecule has 0 saturated heterocycles. The van der Waals surface area contributed by atoms with E-state index in [1.165, 1.54) is 31.2 Å². The highest BCUT2D eigenvalue weighted by Gasteiger charge is 2.15. The zero-order valence-electron chi connectivity index (χ0n) is 7.67. The summed E-state index contributed by atoms with van der Waals surface area (Å²) in [4.78, 5) is 0. The molecule has 0 bridgehead atoms. The molecule has 0 nitrogen and oxygen atoms in total. The fourth-order valence-electron chi connectivity index (χ4n) is 2.00. The summed E-state index contributed by atoms with van der Waals surface area (Å²) < 4.78 is 0. The Balaban J connectivity index is 2.00. The lowest BCUT2D eigenvalue weighted by Gasteiger charge is -2.08. The highest BCUT2D eigenvalue weighted by atomic mass is 35.5. The number of rotatable bonds is 2. The molecule has 1 heteroatoms. The lowest BCUT2D eigenvalue weighted by Crippen LogP contribution is -1.98. The minimum atomic E-state index is 0.790. The van der Waals surface area contributed by atoms with Gasteiger partial charge in [0.1, 0.15) is 0 Å². The highest BCUT2D eigenvalue weighted by Crippen LogP contribution is 2.27. The Kier molecular flexibility index (Phi) is 2.90. The van der Waals surface area contributed by atoms with Crippen molar-refractivity contribution in [3.63, 3.8) is 0 Å². The minimum Gasteiger partial charge on any atom is -0.0843 e. The molecule has 1 atom stereocenters. The Morgan fingerprint density at radius 1 is 1.38 bits per heavy atom. The molecule has 1 unspecified atom stereocenters. The fraction of sp³-hybridized carbons (Fsp3) is 0.417. The number of hydrogen-bond donors (Lipinski definition) is 0. The van der Waals surface area contributed by atoms with Gasteiger partial charge in [-0.2, -0.15) is 0 Å². The summed E-state index contributed by atoms with van der Waals surface area (Å²) in [6.45, 7) is 0. The van der Waals surface area contributed by atoms with Crippen LogP contribution in [0.4, 0.5) is 0 Å². The van der Waals surface area contributed by atoms with E-state index in [2.05, 4.69) is 18.6 Å². The zero-order chi connectivity index (χ0) is 9.10. The van der Waals surface area contributed by atoms with Crippen molar-refractivity contribution >= 4 is 11.6 Å². The van der Waals surface area contributed by atoms with E-state index in [4.69, 9.17) is 11.6 Å².